The normalized spacial score (nSPS) is 10.7. The van der Waals surface area contributed by atoms with E-state index in [0.717, 1.165) is 28.3 Å². The maximum atomic E-state index is 12.0. The third-order valence-electron chi connectivity index (χ3n) is 4.57. The Balaban J connectivity index is 1.61. The first kappa shape index (κ1) is 23.0. The van der Waals surface area contributed by atoms with E-state index in [4.69, 9.17) is 27.9 Å². The van der Waals surface area contributed by atoms with Gasteiger partial charge in [0.05, 0.1) is 10.0 Å². The largest absolute Gasteiger partial charge is 0.489 e. The second-order valence-corrected chi connectivity index (χ2v) is 8.54. The molecule has 0 spiro atoms. The fourth-order valence-corrected chi connectivity index (χ4v) is 3.39. The van der Waals surface area contributed by atoms with Crippen molar-refractivity contribution >= 4 is 40.5 Å². The number of para-hydroxylation sites is 1. The van der Waals surface area contributed by atoms with Gasteiger partial charge in [0, 0.05) is 29.9 Å². The van der Waals surface area contributed by atoms with Gasteiger partial charge in [-0.25, -0.2) is 0 Å². The van der Waals surface area contributed by atoms with Crippen LogP contribution in [-0.4, -0.2) is 5.91 Å². The second kappa shape index (κ2) is 11.1. The molecule has 4 nitrogen and oxygen atoms in total. The number of nitrogens with one attached hydrogen (secondary N) is 2. The summed E-state index contributed by atoms with van der Waals surface area (Å²) in [6.07, 6.45) is 0.501. The van der Waals surface area contributed by atoms with E-state index in [1.165, 1.54) is 0 Å². The average Bonchev–Trinajstić information content (AvgIpc) is 2.73. The molecule has 1 amide bonds. The Labute approximate surface area is 193 Å². The summed E-state index contributed by atoms with van der Waals surface area (Å²) in [5.41, 5.74) is 3.67. The van der Waals surface area contributed by atoms with Crippen LogP contribution in [0, 0.1) is 5.92 Å². The number of benzene rings is 3. The molecule has 2 N–H and O–H groups in total. The van der Waals surface area contributed by atoms with Crippen molar-refractivity contribution in [3.05, 3.63) is 87.9 Å². The van der Waals surface area contributed by atoms with Crippen LogP contribution in [0.25, 0.3) is 0 Å². The molecule has 0 saturated carbocycles. The van der Waals surface area contributed by atoms with Gasteiger partial charge in [-0.2, -0.15) is 0 Å². The van der Waals surface area contributed by atoms with Crippen molar-refractivity contribution in [3.8, 4) is 5.75 Å². The molecule has 0 aliphatic heterocycles. The fourth-order valence-electron chi connectivity index (χ4n) is 3.07. The molecule has 0 atom stereocenters. The van der Waals surface area contributed by atoms with Crippen molar-refractivity contribution in [1.29, 1.82) is 0 Å². The number of ether oxygens (including phenoxy) is 1. The van der Waals surface area contributed by atoms with E-state index in [1.807, 2.05) is 74.5 Å². The predicted octanol–water partition coefficient (Wildman–Crippen LogP) is 7.17. The molecule has 0 radical (unpaired) electrons. The van der Waals surface area contributed by atoms with Gasteiger partial charge in [0.25, 0.3) is 0 Å². The zero-order valence-electron chi connectivity index (χ0n) is 17.6. The molecule has 162 valence electrons. The molecule has 6 heteroatoms. The maximum Gasteiger partial charge on any atom is 0.224 e. The van der Waals surface area contributed by atoms with Gasteiger partial charge in [0.15, 0.2) is 0 Å². The summed E-state index contributed by atoms with van der Waals surface area (Å²) < 4.78 is 6.02. The summed E-state index contributed by atoms with van der Waals surface area (Å²) in [5.74, 6) is 1.14. The van der Waals surface area contributed by atoms with Crippen molar-refractivity contribution in [1.82, 2.24) is 0 Å². The van der Waals surface area contributed by atoms with Crippen LogP contribution < -0.4 is 15.4 Å². The number of hydrogen-bond acceptors (Lipinski definition) is 3. The van der Waals surface area contributed by atoms with E-state index in [2.05, 4.69) is 10.6 Å². The molecule has 0 aliphatic rings. The highest BCUT2D eigenvalue weighted by molar-refractivity contribution is 6.42. The molecule has 0 bridgehead atoms. The van der Waals surface area contributed by atoms with Crippen molar-refractivity contribution in [2.75, 3.05) is 10.6 Å². The molecule has 0 unspecified atom stereocenters. The minimum absolute atomic E-state index is 0.0215. The lowest BCUT2D eigenvalue weighted by Crippen LogP contribution is -2.14. The van der Waals surface area contributed by atoms with Gasteiger partial charge >= 0.3 is 0 Å². The molecule has 0 saturated heterocycles. The number of hydrogen-bond donors (Lipinski definition) is 2. The van der Waals surface area contributed by atoms with Crippen molar-refractivity contribution in [2.24, 2.45) is 5.92 Å². The Kier molecular flexibility index (Phi) is 8.21. The van der Waals surface area contributed by atoms with E-state index in [1.54, 1.807) is 6.07 Å². The minimum atomic E-state index is 0.0215. The van der Waals surface area contributed by atoms with Gasteiger partial charge in [0.1, 0.15) is 12.4 Å². The van der Waals surface area contributed by atoms with E-state index >= 15 is 0 Å². The Hall–Kier alpha value is -2.69. The molecule has 0 aromatic heterocycles. The summed E-state index contributed by atoms with van der Waals surface area (Å²) in [5, 5.41) is 7.38. The number of carbonyl (C=O) groups is 1. The zero-order chi connectivity index (χ0) is 22.2. The third kappa shape index (κ3) is 7.20. The first-order chi connectivity index (χ1) is 14.9. The van der Waals surface area contributed by atoms with Gasteiger partial charge in [-0.05, 0) is 47.9 Å². The van der Waals surface area contributed by atoms with Crippen LogP contribution in [0.2, 0.25) is 10.0 Å². The SMILES string of the molecule is CC(C)CC(=O)Nc1cccc(NCc2ccccc2OCc2ccc(Cl)c(Cl)c2)c1. The lowest BCUT2D eigenvalue weighted by molar-refractivity contribution is -0.116. The average molecular weight is 457 g/mol. The molecule has 3 aromatic rings. The van der Waals surface area contributed by atoms with Crippen molar-refractivity contribution in [2.45, 2.75) is 33.4 Å². The summed E-state index contributed by atoms with van der Waals surface area (Å²) in [6.45, 7) is 5.03. The van der Waals surface area contributed by atoms with Gasteiger partial charge < -0.3 is 15.4 Å². The van der Waals surface area contributed by atoms with E-state index < -0.39 is 0 Å². The highest BCUT2D eigenvalue weighted by Crippen LogP contribution is 2.25. The van der Waals surface area contributed by atoms with E-state index in [9.17, 15) is 4.79 Å². The fraction of sp³-hybridized carbons (Fsp3) is 0.240. The Morgan fingerprint density at radius 2 is 1.71 bits per heavy atom. The number of halogens is 2. The Bertz CT molecular complexity index is 1040. The number of amides is 1. The Morgan fingerprint density at radius 1 is 0.935 bits per heavy atom. The topological polar surface area (TPSA) is 50.4 Å². The van der Waals surface area contributed by atoms with Crippen LogP contribution in [0.1, 0.15) is 31.4 Å². The van der Waals surface area contributed by atoms with Crippen LogP contribution in [-0.2, 0) is 17.9 Å². The number of carbonyl (C=O) groups excluding carboxylic acids is 1. The smallest absolute Gasteiger partial charge is 0.224 e. The van der Waals surface area contributed by atoms with Crippen LogP contribution in [0.15, 0.2) is 66.7 Å². The van der Waals surface area contributed by atoms with E-state index in [-0.39, 0.29) is 5.91 Å². The Morgan fingerprint density at radius 3 is 2.48 bits per heavy atom. The first-order valence-electron chi connectivity index (χ1n) is 10.2. The van der Waals surface area contributed by atoms with Crippen molar-refractivity contribution < 1.29 is 9.53 Å². The zero-order valence-corrected chi connectivity index (χ0v) is 19.1. The standard InChI is InChI=1S/C25H26Cl2N2O2/c1-17(2)12-25(30)29-21-8-5-7-20(14-21)28-15-19-6-3-4-9-24(19)31-16-18-10-11-22(26)23(27)13-18/h3-11,13-14,17,28H,12,15-16H2,1-2H3,(H,29,30). The third-order valence-corrected chi connectivity index (χ3v) is 5.31. The molecule has 0 aliphatic carbocycles. The molecule has 3 aromatic carbocycles. The molecule has 31 heavy (non-hydrogen) atoms. The predicted molar refractivity (Wildman–Crippen MR) is 129 cm³/mol. The van der Waals surface area contributed by atoms with Crippen LogP contribution >= 0.6 is 23.2 Å². The van der Waals surface area contributed by atoms with Crippen LogP contribution in [0.4, 0.5) is 11.4 Å². The minimum Gasteiger partial charge on any atom is -0.489 e. The highest BCUT2D eigenvalue weighted by atomic mass is 35.5. The number of rotatable bonds is 9. The monoisotopic (exact) mass is 456 g/mol. The van der Waals surface area contributed by atoms with Gasteiger partial charge in [0.2, 0.25) is 5.91 Å². The van der Waals surface area contributed by atoms with Gasteiger partial charge in [-0.3, -0.25) is 4.79 Å². The summed E-state index contributed by atoms with van der Waals surface area (Å²) in [6, 6.07) is 21.1. The lowest BCUT2D eigenvalue weighted by Gasteiger charge is -2.14. The second-order valence-electron chi connectivity index (χ2n) is 7.73. The molecule has 3 rings (SSSR count). The van der Waals surface area contributed by atoms with Crippen LogP contribution in [0.3, 0.4) is 0 Å². The summed E-state index contributed by atoms with van der Waals surface area (Å²) in [4.78, 5) is 12.0. The van der Waals surface area contributed by atoms with Gasteiger partial charge in [-0.15, -0.1) is 0 Å². The number of anilines is 2. The molecule has 0 fully saturated rings. The summed E-state index contributed by atoms with van der Waals surface area (Å²) >= 11 is 12.1. The quantitative estimate of drug-likeness (QED) is 0.358. The lowest BCUT2D eigenvalue weighted by atomic mass is 10.1. The van der Waals surface area contributed by atoms with E-state index in [0.29, 0.717) is 35.5 Å². The van der Waals surface area contributed by atoms with Gasteiger partial charge in [-0.1, -0.05) is 67.4 Å². The van der Waals surface area contributed by atoms with Crippen LogP contribution in [0.5, 0.6) is 5.75 Å². The van der Waals surface area contributed by atoms with Crippen molar-refractivity contribution in [3.63, 3.8) is 0 Å². The first-order valence-corrected chi connectivity index (χ1v) is 10.9. The maximum absolute atomic E-state index is 12.0. The molecule has 0 heterocycles. The molecular formula is C25H26Cl2N2O2. The highest BCUT2D eigenvalue weighted by Gasteiger charge is 2.07. The molecular weight excluding hydrogens is 431 g/mol. The summed E-state index contributed by atoms with van der Waals surface area (Å²) in [7, 11) is 0.